The first-order valence-electron chi connectivity index (χ1n) is 7.12. The Bertz CT molecular complexity index is 1010. The second-order valence-electron chi connectivity index (χ2n) is 4.96. The van der Waals surface area contributed by atoms with E-state index in [1.54, 1.807) is 0 Å². The third-order valence-electron chi connectivity index (χ3n) is 3.44. The average Bonchev–Trinajstić information content (AvgIpc) is 3.00. The molecule has 3 aromatic rings. The van der Waals surface area contributed by atoms with Gasteiger partial charge in [0.2, 0.25) is 0 Å². The zero-order valence-corrected chi connectivity index (χ0v) is 12.8. The highest BCUT2D eigenvalue weighted by Crippen LogP contribution is 2.35. The zero-order chi connectivity index (χ0) is 18.2. The summed E-state index contributed by atoms with van der Waals surface area (Å²) in [5.74, 6) is -1.13. The maximum atomic E-state index is 13.6. The zero-order valence-electron chi connectivity index (χ0n) is 12.8. The normalized spacial score (nSPS) is 11.7. The van der Waals surface area contributed by atoms with E-state index < -0.39 is 29.0 Å². The minimum absolute atomic E-state index is 0.0769. The molecule has 0 unspecified atom stereocenters. The third kappa shape index (κ3) is 2.86. The Hall–Kier alpha value is -3.17. The molecule has 130 valence electrons. The van der Waals surface area contributed by atoms with Gasteiger partial charge in [-0.1, -0.05) is 0 Å². The van der Waals surface area contributed by atoms with E-state index in [-0.39, 0.29) is 23.1 Å². The van der Waals surface area contributed by atoms with Gasteiger partial charge in [-0.2, -0.15) is 18.3 Å². The van der Waals surface area contributed by atoms with Crippen molar-refractivity contribution in [1.82, 2.24) is 19.7 Å². The number of carbonyl (C=O) groups is 1. The van der Waals surface area contributed by atoms with Crippen LogP contribution in [-0.4, -0.2) is 32.3 Å². The summed E-state index contributed by atoms with van der Waals surface area (Å²) in [6, 6.07) is 1.43. The first kappa shape index (κ1) is 16.7. The maximum absolute atomic E-state index is 13.6. The van der Waals surface area contributed by atoms with Gasteiger partial charge < -0.3 is 9.72 Å². The van der Waals surface area contributed by atoms with E-state index in [9.17, 15) is 22.8 Å². The Balaban J connectivity index is 2.31. The third-order valence-corrected chi connectivity index (χ3v) is 3.44. The molecule has 1 N–H and O–H groups in total. The van der Waals surface area contributed by atoms with Crippen LogP contribution in [0.1, 0.15) is 23.0 Å². The van der Waals surface area contributed by atoms with Crippen LogP contribution in [-0.2, 0) is 10.9 Å². The van der Waals surface area contributed by atoms with Crippen LogP contribution in [0.2, 0.25) is 0 Å². The summed E-state index contributed by atoms with van der Waals surface area (Å²) in [6.45, 7) is 1.41. The minimum atomic E-state index is -4.87. The molecule has 0 saturated carbocycles. The van der Waals surface area contributed by atoms with Crippen LogP contribution >= 0.6 is 0 Å². The number of hydrogen-bond acceptors (Lipinski definition) is 5. The Morgan fingerprint density at radius 2 is 2.04 bits per heavy atom. The van der Waals surface area contributed by atoms with Gasteiger partial charge in [-0.15, -0.1) is 0 Å². The van der Waals surface area contributed by atoms with E-state index in [0.29, 0.717) is 4.68 Å². The molecule has 0 atom stereocenters. The van der Waals surface area contributed by atoms with Gasteiger partial charge >= 0.3 is 12.1 Å². The van der Waals surface area contributed by atoms with Gasteiger partial charge in [-0.05, 0) is 13.0 Å². The van der Waals surface area contributed by atoms with Crippen LogP contribution in [0, 0.1) is 0 Å². The molecule has 3 rings (SSSR count). The Labute approximate surface area is 138 Å². The molecule has 0 bridgehead atoms. The van der Waals surface area contributed by atoms with Crippen LogP contribution in [0.3, 0.4) is 0 Å². The highest BCUT2D eigenvalue weighted by atomic mass is 19.4. The van der Waals surface area contributed by atoms with Gasteiger partial charge in [0, 0.05) is 17.8 Å². The number of nitrogens with one attached hydrogen (secondary N) is 1. The van der Waals surface area contributed by atoms with Crippen LogP contribution in [0.25, 0.3) is 16.5 Å². The van der Waals surface area contributed by atoms with Crippen LogP contribution in [0.5, 0.6) is 0 Å². The summed E-state index contributed by atoms with van der Waals surface area (Å²) < 4.78 is 45.9. The predicted octanol–water partition coefficient (Wildman–Crippen LogP) is 2.30. The molecule has 0 aliphatic heterocycles. The number of halogens is 3. The summed E-state index contributed by atoms with van der Waals surface area (Å²) in [4.78, 5) is 29.9. The fraction of sp³-hybridized carbons (Fsp3) is 0.200. The topological polar surface area (TPSA) is 89.9 Å². The summed E-state index contributed by atoms with van der Waals surface area (Å²) in [5, 5.41) is 3.99. The van der Waals surface area contributed by atoms with Crippen LogP contribution in [0.15, 0.2) is 35.6 Å². The average molecular weight is 352 g/mol. The number of H-pyrrole nitrogens is 1. The minimum Gasteiger partial charge on any atom is -0.462 e. The molecule has 0 aliphatic rings. The lowest BCUT2D eigenvalue weighted by Gasteiger charge is -2.13. The summed E-state index contributed by atoms with van der Waals surface area (Å²) >= 11 is 0. The lowest BCUT2D eigenvalue weighted by Crippen LogP contribution is -2.19. The number of carbonyl (C=O) groups excluding carboxylic acids is 1. The molecule has 3 aromatic heterocycles. The van der Waals surface area contributed by atoms with Gasteiger partial charge in [0.15, 0.2) is 5.69 Å². The summed E-state index contributed by atoms with van der Waals surface area (Å²) in [7, 11) is 0. The molecule has 0 saturated heterocycles. The number of nitrogens with zero attached hydrogens (tertiary/aromatic N) is 3. The molecule has 0 fully saturated rings. The van der Waals surface area contributed by atoms with Gasteiger partial charge in [-0.25, -0.2) is 9.48 Å². The molecule has 3 heterocycles. The van der Waals surface area contributed by atoms with Gasteiger partial charge in [0.25, 0.3) is 5.56 Å². The van der Waals surface area contributed by atoms with Crippen molar-refractivity contribution in [2.45, 2.75) is 13.1 Å². The predicted molar refractivity (Wildman–Crippen MR) is 80.4 cm³/mol. The Morgan fingerprint density at radius 1 is 1.28 bits per heavy atom. The summed E-state index contributed by atoms with van der Waals surface area (Å²) in [6.07, 6.45) is -0.411. The van der Waals surface area contributed by atoms with E-state index in [1.807, 2.05) is 0 Å². The van der Waals surface area contributed by atoms with Crippen molar-refractivity contribution in [2.75, 3.05) is 6.61 Å². The number of esters is 1. The van der Waals surface area contributed by atoms with Crippen molar-refractivity contribution in [3.63, 3.8) is 0 Å². The number of aromatic nitrogens is 4. The number of ether oxygens (including phenoxy) is 1. The quantitative estimate of drug-likeness (QED) is 0.731. The number of rotatable bonds is 3. The van der Waals surface area contributed by atoms with E-state index >= 15 is 0 Å². The van der Waals surface area contributed by atoms with Gasteiger partial charge in [0.1, 0.15) is 5.56 Å². The van der Waals surface area contributed by atoms with Crippen molar-refractivity contribution in [3.05, 3.63) is 52.5 Å². The molecular weight excluding hydrogens is 341 g/mol. The molecule has 0 aliphatic carbocycles. The van der Waals surface area contributed by atoms with E-state index in [4.69, 9.17) is 0 Å². The largest absolute Gasteiger partial charge is 0.462 e. The monoisotopic (exact) mass is 352 g/mol. The summed E-state index contributed by atoms with van der Waals surface area (Å²) in [5.41, 5.74) is -2.58. The highest BCUT2D eigenvalue weighted by Gasteiger charge is 2.41. The van der Waals surface area contributed by atoms with E-state index in [2.05, 4.69) is 19.8 Å². The van der Waals surface area contributed by atoms with Crippen molar-refractivity contribution >= 4 is 16.7 Å². The molecule has 7 nitrogen and oxygen atoms in total. The molecule has 0 radical (unpaired) electrons. The lowest BCUT2D eigenvalue weighted by atomic mass is 10.2. The molecule has 0 aromatic carbocycles. The van der Waals surface area contributed by atoms with Crippen LogP contribution < -0.4 is 5.56 Å². The standard InChI is InChI=1S/C15H11F3N4O3/c1-2-25-14(24)10-6-21-22(12(10)15(16,17)18)11-7-19-5-9-8(11)3-4-20-13(9)23/h3-7H,2H2,1H3,(H,20,23). The second kappa shape index (κ2) is 6.04. The van der Waals surface area contributed by atoms with Crippen molar-refractivity contribution in [2.24, 2.45) is 0 Å². The van der Waals surface area contributed by atoms with Crippen molar-refractivity contribution in [1.29, 1.82) is 0 Å². The molecule has 10 heteroatoms. The fourth-order valence-electron chi connectivity index (χ4n) is 2.42. The Morgan fingerprint density at radius 3 is 2.72 bits per heavy atom. The molecule has 0 amide bonds. The SMILES string of the molecule is CCOC(=O)c1cnn(-c2cncc3c(=O)[nH]ccc23)c1C(F)(F)F. The van der Waals surface area contributed by atoms with E-state index in [1.165, 1.54) is 25.4 Å². The molecule has 0 spiro atoms. The van der Waals surface area contributed by atoms with Gasteiger partial charge in [-0.3, -0.25) is 9.78 Å². The molecule has 25 heavy (non-hydrogen) atoms. The lowest BCUT2D eigenvalue weighted by molar-refractivity contribution is -0.143. The Kier molecular flexibility index (Phi) is 4.03. The number of aromatic amines is 1. The number of alkyl halides is 3. The molecular formula is C15H11F3N4O3. The number of pyridine rings is 2. The van der Waals surface area contributed by atoms with Crippen LogP contribution in [0.4, 0.5) is 13.2 Å². The fourth-order valence-corrected chi connectivity index (χ4v) is 2.42. The van der Waals surface area contributed by atoms with Crippen molar-refractivity contribution < 1.29 is 22.7 Å². The van der Waals surface area contributed by atoms with E-state index in [0.717, 1.165) is 12.4 Å². The second-order valence-corrected chi connectivity index (χ2v) is 4.96. The smallest absolute Gasteiger partial charge is 0.434 e. The first-order valence-corrected chi connectivity index (χ1v) is 7.12. The maximum Gasteiger partial charge on any atom is 0.434 e. The number of hydrogen-bond donors (Lipinski definition) is 1. The van der Waals surface area contributed by atoms with Crippen molar-refractivity contribution in [3.8, 4) is 5.69 Å². The van der Waals surface area contributed by atoms with Gasteiger partial charge in [0.05, 0.1) is 30.1 Å². The first-order chi connectivity index (χ1) is 11.8. The highest BCUT2D eigenvalue weighted by molar-refractivity contribution is 5.92. The number of fused-ring (bicyclic) bond motifs is 1.